The highest BCUT2D eigenvalue weighted by molar-refractivity contribution is 5.96. The summed E-state index contributed by atoms with van der Waals surface area (Å²) in [6.07, 6.45) is 4.55. The molecule has 7 nitrogen and oxygen atoms in total. The van der Waals surface area contributed by atoms with Crippen LogP contribution in [0.15, 0.2) is 60.7 Å². The first-order valence-corrected chi connectivity index (χ1v) is 10.2. The number of nitrogens with one attached hydrogen (secondary N) is 2. The number of amides is 2. The zero-order chi connectivity index (χ0) is 20.6. The van der Waals surface area contributed by atoms with Crippen LogP contribution in [0, 0.1) is 0 Å². The van der Waals surface area contributed by atoms with E-state index in [0.717, 1.165) is 22.3 Å². The Bertz CT molecular complexity index is 1110. The highest BCUT2D eigenvalue weighted by atomic mass is 16.2. The second-order valence-electron chi connectivity index (χ2n) is 7.77. The molecule has 0 saturated carbocycles. The molecule has 1 aromatic heterocycles. The van der Waals surface area contributed by atoms with Crippen LogP contribution in [0.2, 0.25) is 0 Å². The van der Waals surface area contributed by atoms with Crippen molar-refractivity contribution in [1.29, 1.82) is 0 Å². The number of anilines is 1. The second kappa shape index (κ2) is 7.33. The fourth-order valence-corrected chi connectivity index (χ4v) is 4.50. The molecule has 2 amide bonds. The van der Waals surface area contributed by atoms with Gasteiger partial charge in [-0.2, -0.15) is 5.10 Å². The summed E-state index contributed by atoms with van der Waals surface area (Å²) in [6.45, 7) is 1.59. The molecular formula is C23H23N5O2. The molecule has 5 rings (SSSR count). The zero-order valence-electron chi connectivity index (χ0n) is 16.5. The van der Waals surface area contributed by atoms with Crippen molar-refractivity contribution in [2.45, 2.75) is 18.4 Å². The number of hydrogen-bond acceptors (Lipinski definition) is 4. The summed E-state index contributed by atoms with van der Waals surface area (Å²) < 4.78 is 0. The molecule has 2 aliphatic heterocycles. The van der Waals surface area contributed by atoms with Gasteiger partial charge < -0.3 is 15.1 Å². The highest BCUT2D eigenvalue weighted by Crippen LogP contribution is 2.36. The molecule has 30 heavy (non-hydrogen) atoms. The first kappa shape index (κ1) is 18.4. The molecule has 0 bridgehead atoms. The van der Waals surface area contributed by atoms with Crippen molar-refractivity contribution in [3.05, 3.63) is 66.4 Å². The van der Waals surface area contributed by atoms with Crippen molar-refractivity contribution in [2.24, 2.45) is 0 Å². The van der Waals surface area contributed by atoms with Crippen molar-refractivity contribution in [3.8, 4) is 0 Å². The van der Waals surface area contributed by atoms with Gasteiger partial charge in [0.2, 0.25) is 11.8 Å². The maximum Gasteiger partial charge on any atom is 0.247 e. The van der Waals surface area contributed by atoms with Gasteiger partial charge in [0.1, 0.15) is 5.54 Å². The lowest BCUT2D eigenvalue weighted by Crippen LogP contribution is -2.57. The molecule has 2 saturated heterocycles. The third kappa shape index (κ3) is 3.03. The van der Waals surface area contributed by atoms with E-state index in [-0.39, 0.29) is 11.8 Å². The number of rotatable bonds is 3. The van der Waals surface area contributed by atoms with Crippen LogP contribution in [0.3, 0.4) is 0 Å². The van der Waals surface area contributed by atoms with Crippen LogP contribution in [-0.4, -0.2) is 52.2 Å². The number of hydrogen-bond donors (Lipinski definition) is 2. The van der Waals surface area contributed by atoms with Crippen LogP contribution in [0.5, 0.6) is 0 Å². The van der Waals surface area contributed by atoms with Gasteiger partial charge in [0, 0.05) is 30.2 Å². The van der Waals surface area contributed by atoms with Gasteiger partial charge >= 0.3 is 0 Å². The summed E-state index contributed by atoms with van der Waals surface area (Å²) >= 11 is 0. The van der Waals surface area contributed by atoms with Gasteiger partial charge in [-0.15, -0.1) is 0 Å². The molecule has 3 aromatic rings. The van der Waals surface area contributed by atoms with Crippen LogP contribution in [0.1, 0.15) is 18.5 Å². The minimum absolute atomic E-state index is 0.0528. The van der Waals surface area contributed by atoms with E-state index in [1.807, 2.05) is 59.5 Å². The van der Waals surface area contributed by atoms with E-state index in [4.69, 9.17) is 0 Å². The molecule has 0 unspecified atom stereocenters. The maximum absolute atomic E-state index is 12.8. The van der Waals surface area contributed by atoms with Crippen molar-refractivity contribution in [3.63, 3.8) is 0 Å². The number of carbonyl (C=O) groups is 2. The number of H-pyrrole nitrogens is 1. The van der Waals surface area contributed by atoms with Crippen molar-refractivity contribution < 1.29 is 9.59 Å². The smallest absolute Gasteiger partial charge is 0.247 e. The maximum atomic E-state index is 12.8. The molecule has 2 N–H and O–H groups in total. The predicted octanol–water partition coefficient (Wildman–Crippen LogP) is 2.53. The van der Waals surface area contributed by atoms with Crippen LogP contribution in [-0.2, 0) is 9.59 Å². The topological polar surface area (TPSA) is 81.3 Å². The normalized spacial score (nSPS) is 18.5. The summed E-state index contributed by atoms with van der Waals surface area (Å²) in [7, 11) is 0. The predicted molar refractivity (Wildman–Crippen MR) is 116 cm³/mol. The number of benzene rings is 2. The lowest BCUT2D eigenvalue weighted by molar-refractivity contribution is -0.131. The average Bonchev–Trinajstić information content (AvgIpc) is 3.35. The third-order valence-corrected chi connectivity index (χ3v) is 6.19. The largest absolute Gasteiger partial charge is 0.339 e. The van der Waals surface area contributed by atoms with Gasteiger partial charge in [0.05, 0.1) is 17.9 Å². The molecule has 2 fully saturated rings. The molecular weight excluding hydrogens is 378 g/mol. The Hall–Kier alpha value is -3.61. The van der Waals surface area contributed by atoms with Crippen LogP contribution in [0.4, 0.5) is 5.69 Å². The lowest BCUT2D eigenvalue weighted by atomic mass is 9.85. The Morgan fingerprint density at radius 2 is 1.77 bits per heavy atom. The third-order valence-electron chi connectivity index (χ3n) is 6.19. The number of fused-ring (bicyclic) bond motifs is 1. The fraction of sp³-hybridized carbons (Fsp3) is 0.261. The van der Waals surface area contributed by atoms with Gasteiger partial charge in [0.25, 0.3) is 0 Å². The van der Waals surface area contributed by atoms with Crippen molar-refractivity contribution in [1.82, 2.24) is 20.4 Å². The SMILES string of the molecule is O=C(/C=C/c1n[nH]c2ccccc12)N1CCC2(CC1)C(=O)NCN2c1ccccc1. The fourth-order valence-electron chi connectivity index (χ4n) is 4.50. The molecule has 0 radical (unpaired) electrons. The summed E-state index contributed by atoms with van der Waals surface area (Å²) in [5.41, 5.74) is 2.14. The summed E-state index contributed by atoms with van der Waals surface area (Å²) in [4.78, 5) is 29.4. The van der Waals surface area contributed by atoms with Crippen LogP contribution >= 0.6 is 0 Å². The van der Waals surface area contributed by atoms with Gasteiger partial charge in [-0.25, -0.2) is 0 Å². The Kier molecular flexibility index (Phi) is 4.50. The first-order valence-electron chi connectivity index (χ1n) is 10.2. The molecule has 0 aliphatic carbocycles. The van der Waals surface area contributed by atoms with E-state index in [2.05, 4.69) is 20.4 Å². The molecule has 152 valence electrons. The zero-order valence-corrected chi connectivity index (χ0v) is 16.5. The monoisotopic (exact) mass is 401 g/mol. The van der Waals surface area contributed by atoms with Gasteiger partial charge in [0.15, 0.2) is 0 Å². The molecule has 1 spiro atoms. The van der Waals surface area contributed by atoms with E-state index >= 15 is 0 Å². The Balaban J connectivity index is 1.29. The van der Waals surface area contributed by atoms with Crippen LogP contribution in [0.25, 0.3) is 17.0 Å². The number of aromatic nitrogens is 2. The molecule has 2 aliphatic rings. The van der Waals surface area contributed by atoms with Gasteiger partial charge in [-0.1, -0.05) is 36.4 Å². The van der Waals surface area contributed by atoms with Crippen molar-refractivity contribution >= 4 is 34.5 Å². The molecule has 3 heterocycles. The minimum atomic E-state index is -0.583. The number of para-hydroxylation sites is 2. The van der Waals surface area contributed by atoms with Gasteiger partial charge in [-0.3, -0.25) is 14.7 Å². The minimum Gasteiger partial charge on any atom is -0.339 e. The van der Waals surface area contributed by atoms with E-state index in [0.29, 0.717) is 32.6 Å². The second-order valence-corrected chi connectivity index (χ2v) is 7.77. The first-order chi connectivity index (χ1) is 14.7. The van der Waals surface area contributed by atoms with Gasteiger partial charge in [-0.05, 0) is 37.1 Å². The van der Waals surface area contributed by atoms with E-state index in [9.17, 15) is 9.59 Å². The van der Waals surface area contributed by atoms with E-state index in [1.165, 1.54) is 0 Å². The number of aromatic amines is 1. The highest BCUT2D eigenvalue weighted by Gasteiger charge is 2.50. The summed E-state index contributed by atoms with van der Waals surface area (Å²) in [5.74, 6) is -0.00131. The van der Waals surface area contributed by atoms with Crippen LogP contribution < -0.4 is 10.2 Å². The number of nitrogens with zero attached hydrogens (tertiary/aromatic N) is 3. The van der Waals surface area contributed by atoms with E-state index < -0.39 is 5.54 Å². The molecule has 7 heteroatoms. The summed E-state index contributed by atoms with van der Waals surface area (Å²) in [5, 5.41) is 11.2. The number of carbonyl (C=O) groups excluding carboxylic acids is 2. The standard InChI is InChI=1S/C23H23N5O2/c29-21(11-10-20-18-8-4-5-9-19(18)25-26-20)27-14-12-23(13-15-27)22(30)24-16-28(23)17-6-2-1-3-7-17/h1-11H,12-16H2,(H,24,30)(H,25,26)/b11-10+. The average molecular weight is 401 g/mol. The Labute approximate surface area is 174 Å². The Morgan fingerprint density at radius 1 is 1.03 bits per heavy atom. The molecule has 0 atom stereocenters. The van der Waals surface area contributed by atoms with Crippen molar-refractivity contribution in [2.75, 3.05) is 24.7 Å². The quantitative estimate of drug-likeness (QED) is 0.661. The number of piperidine rings is 1. The number of likely N-dealkylation sites (tertiary alicyclic amines) is 1. The van der Waals surface area contributed by atoms with E-state index in [1.54, 1.807) is 12.2 Å². The molecule has 2 aromatic carbocycles. The lowest BCUT2D eigenvalue weighted by Gasteiger charge is -2.43. The Morgan fingerprint density at radius 3 is 2.57 bits per heavy atom. The summed E-state index contributed by atoms with van der Waals surface area (Å²) in [6, 6.07) is 17.8.